The number of sulfone groups is 1. The molecule has 0 spiro atoms. The van der Waals surface area contributed by atoms with Crippen LogP contribution in [0.1, 0.15) is 30.2 Å². The molecule has 0 saturated carbocycles. The number of hydrogen-bond acceptors (Lipinski definition) is 4. The first-order valence-electron chi connectivity index (χ1n) is 5.33. The third-order valence-corrected chi connectivity index (χ3v) is 8.69. The van der Waals surface area contributed by atoms with Gasteiger partial charge in [-0.3, -0.25) is 0 Å². The summed E-state index contributed by atoms with van der Waals surface area (Å²) in [6, 6.07) is 1.50. The zero-order chi connectivity index (χ0) is 12.6. The van der Waals surface area contributed by atoms with Crippen LogP contribution in [-0.2, 0) is 9.84 Å². The van der Waals surface area contributed by atoms with Crippen molar-refractivity contribution in [3.63, 3.8) is 0 Å². The van der Waals surface area contributed by atoms with Crippen molar-refractivity contribution in [3.05, 3.63) is 19.2 Å². The molecule has 0 aliphatic carbocycles. The molecule has 1 aromatic rings. The Bertz CT molecular complexity index is 493. The van der Waals surface area contributed by atoms with Crippen molar-refractivity contribution in [2.75, 3.05) is 5.75 Å². The second-order valence-corrected chi connectivity index (χ2v) is 9.79. The van der Waals surface area contributed by atoms with Gasteiger partial charge in [-0.15, -0.1) is 11.3 Å². The molecule has 0 bridgehead atoms. The van der Waals surface area contributed by atoms with Gasteiger partial charge >= 0.3 is 0 Å². The average molecular weight is 403 g/mol. The van der Waals surface area contributed by atoms with Gasteiger partial charge in [-0.05, 0) is 50.8 Å². The minimum absolute atomic E-state index is 0.277. The van der Waals surface area contributed by atoms with Gasteiger partial charge in [0.05, 0.1) is 20.8 Å². The summed E-state index contributed by atoms with van der Waals surface area (Å²) >= 11 is 8.30. The van der Waals surface area contributed by atoms with Crippen molar-refractivity contribution in [1.29, 1.82) is 0 Å². The molecule has 0 aromatic carbocycles. The van der Waals surface area contributed by atoms with Crippen LogP contribution in [0.15, 0.2) is 14.3 Å². The van der Waals surface area contributed by atoms with E-state index >= 15 is 0 Å². The summed E-state index contributed by atoms with van der Waals surface area (Å²) in [7, 11) is -3.02. The molecule has 96 valence electrons. The molecule has 3 nitrogen and oxygen atoms in total. The molecule has 2 atom stereocenters. The highest BCUT2D eigenvalue weighted by atomic mass is 79.9. The lowest BCUT2D eigenvalue weighted by Crippen LogP contribution is -2.37. The molecule has 7 heteroatoms. The van der Waals surface area contributed by atoms with Gasteiger partial charge in [-0.1, -0.05) is 6.42 Å². The average Bonchev–Trinajstić information content (AvgIpc) is 2.58. The minimum Gasteiger partial charge on any atom is -0.322 e. The smallest absolute Gasteiger partial charge is 0.155 e. The van der Waals surface area contributed by atoms with E-state index in [4.69, 9.17) is 5.73 Å². The molecule has 2 heterocycles. The molecule has 0 amide bonds. The molecule has 17 heavy (non-hydrogen) atoms. The van der Waals surface area contributed by atoms with Gasteiger partial charge in [0.1, 0.15) is 0 Å². The first kappa shape index (κ1) is 14.0. The quantitative estimate of drug-likeness (QED) is 0.825. The topological polar surface area (TPSA) is 60.2 Å². The van der Waals surface area contributed by atoms with E-state index in [-0.39, 0.29) is 5.75 Å². The summed E-state index contributed by atoms with van der Waals surface area (Å²) in [5.74, 6) is 0.277. The first-order chi connectivity index (χ1) is 7.92. The van der Waals surface area contributed by atoms with Gasteiger partial charge in [-0.2, -0.15) is 0 Å². The van der Waals surface area contributed by atoms with Gasteiger partial charge in [0.15, 0.2) is 9.84 Å². The van der Waals surface area contributed by atoms with Crippen LogP contribution in [0.4, 0.5) is 0 Å². The second-order valence-electron chi connectivity index (χ2n) is 4.20. The number of thiophene rings is 1. The van der Waals surface area contributed by atoms with Gasteiger partial charge in [0, 0.05) is 9.35 Å². The maximum absolute atomic E-state index is 12.0. The molecular formula is C10H13Br2NO2S2. The standard InChI is InChI=1S/C10H13Br2NO2S2/c11-6-5-7(16-10(6)12)9(13)8-3-1-2-4-17(8,14)15/h5,8-9H,1-4,13H2. The van der Waals surface area contributed by atoms with Crippen molar-refractivity contribution in [2.24, 2.45) is 5.73 Å². The molecule has 1 aliphatic rings. The van der Waals surface area contributed by atoms with Gasteiger partial charge < -0.3 is 5.73 Å². The normalized spacial score (nSPS) is 25.7. The van der Waals surface area contributed by atoms with Crippen molar-refractivity contribution in [1.82, 2.24) is 0 Å². The van der Waals surface area contributed by atoms with E-state index in [0.29, 0.717) is 6.42 Å². The summed E-state index contributed by atoms with van der Waals surface area (Å²) in [6.45, 7) is 0. The van der Waals surface area contributed by atoms with E-state index in [9.17, 15) is 8.42 Å². The van der Waals surface area contributed by atoms with E-state index in [1.807, 2.05) is 6.07 Å². The highest BCUT2D eigenvalue weighted by molar-refractivity contribution is 9.13. The first-order valence-corrected chi connectivity index (χ1v) is 9.45. The monoisotopic (exact) mass is 401 g/mol. The van der Waals surface area contributed by atoms with E-state index in [1.165, 1.54) is 11.3 Å². The Kier molecular flexibility index (Phi) is 4.35. The number of rotatable bonds is 2. The fourth-order valence-electron chi connectivity index (χ4n) is 2.09. The summed E-state index contributed by atoms with van der Waals surface area (Å²) in [6.07, 6.45) is 2.39. The SMILES string of the molecule is NC(c1cc(Br)c(Br)s1)C1CCCCS1(=O)=O. The number of nitrogens with two attached hydrogens (primary N) is 1. The molecule has 1 aromatic heterocycles. The Balaban J connectivity index is 2.27. The fraction of sp³-hybridized carbons (Fsp3) is 0.600. The Morgan fingerprint density at radius 2 is 2.12 bits per heavy atom. The molecule has 1 saturated heterocycles. The Morgan fingerprint density at radius 3 is 2.65 bits per heavy atom. The highest BCUT2D eigenvalue weighted by Gasteiger charge is 2.35. The molecule has 1 fully saturated rings. The molecule has 2 N–H and O–H groups in total. The third kappa shape index (κ3) is 2.94. The second kappa shape index (κ2) is 5.28. The van der Waals surface area contributed by atoms with Crippen LogP contribution >= 0.6 is 43.2 Å². The molecule has 2 unspecified atom stereocenters. The van der Waals surface area contributed by atoms with Crippen LogP contribution in [0.2, 0.25) is 0 Å². The van der Waals surface area contributed by atoms with E-state index in [2.05, 4.69) is 31.9 Å². The third-order valence-electron chi connectivity index (χ3n) is 3.02. The van der Waals surface area contributed by atoms with Crippen molar-refractivity contribution < 1.29 is 8.42 Å². The van der Waals surface area contributed by atoms with Crippen LogP contribution < -0.4 is 5.73 Å². The molecule has 0 radical (unpaired) electrons. The van der Waals surface area contributed by atoms with Crippen molar-refractivity contribution in [2.45, 2.75) is 30.6 Å². The molecular weight excluding hydrogens is 390 g/mol. The predicted molar refractivity (Wildman–Crippen MR) is 78.1 cm³/mol. The maximum Gasteiger partial charge on any atom is 0.155 e. The zero-order valence-electron chi connectivity index (χ0n) is 9.03. The Labute approximate surface area is 122 Å². The van der Waals surface area contributed by atoms with E-state index < -0.39 is 21.1 Å². The van der Waals surface area contributed by atoms with Gasteiger partial charge in [0.25, 0.3) is 0 Å². The summed E-state index contributed by atoms with van der Waals surface area (Å²) in [4.78, 5) is 0.916. The largest absolute Gasteiger partial charge is 0.322 e. The zero-order valence-corrected chi connectivity index (χ0v) is 13.8. The lowest BCUT2D eigenvalue weighted by Gasteiger charge is -2.26. The summed E-state index contributed by atoms with van der Waals surface area (Å²) < 4.78 is 25.9. The summed E-state index contributed by atoms with van der Waals surface area (Å²) in [5.41, 5.74) is 6.12. The van der Waals surface area contributed by atoms with Crippen LogP contribution in [0.25, 0.3) is 0 Å². The van der Waals surface area contributed by atoms with E-state index in [1.54, 1.807) is 0 Å². The fourth-order valence-corrected chi connectivity index (χ4v) is 6.36. The Morgan fingerprint density at radius 1 is 1.41 bits per heavy atom. The number of hydrogen-bond donors (Lipinski definition) is 1. The maximum atomic E-state index is 12.0. The molecule has 1 aliphatic heterocycles. The highest BCUT2D eigenvalue weighted by Crippen LogP contribution is 2.38. The van der Waals surface area contributed by atoms with Crippen LogP contribution in [0.5, 0.6) is 0 Å². The van der Waals surface area contributed by atoms with Crippen LogP contribution in [0, 0.1) is 0 Å². The lowest BCUT2D eigenvalue weighted by atomic mass is 10.1. The van der Waals surface area contributed by atoms with Crippen molar-refractivity contribution in [3.8, 4) is 0 Å². The van der Waals surface area contributed by atoms with Crippen LogP contribution in [-0.4, -0.2) is 19.4 Å². The van der Waals surface area contributed by atoms with Gasteiger partial charge in [0.2, 0.25) is 0 Å². The van der Waals surface area contributed by atoms with E-state index in [0.717, 1.165) is 26.0 Å². The van der Waals surface area contributed by atoms with Gasteiger partial charge in [-0.25, -0.2) is 8.42 Å². The van der Waals surface area contributed by atoms with Crippen LogP contribution in [0.3, 0.4) is 0 Å². The predicted octanol–water partition coefficient (Wildman–Crippen LogP) is 3.24. The van der Waals surface area contributed by atoms with Crippen molar-refractivity contribution >= 4 is 53.0 Å². The number of halogens is 2. The Hall–Kier alpha value is 0.570. The minimum atomic E-state index is -3.02. The molecule has 2 rings (SSSR count). The lowest BCUT2D eigenvalue weighted by molar-refractivity contribution is 0.507. The summed E-state index contributed by atoms with van der Waals surface area (Å²) in [5, 5.41) is -0.423.